The number of carbonyl (C=O) groups excluding carboxylic acids is 2. The highest BCUT2D eigenvalue weighted by Gasteiger charge is 2.29. The molecule has 0 bridgehead atoms. The predicted octanol–water partition coefficient (Wildman–Crippen LogP) is 5.77. The Hall–Kier alpha value is -1.75. The van der Waals surface area contributed by atoms with E-state index in [2.05, 4.69) is 5.32 Å². The summed E-state index contributed by atoms with van der Waals surface area (Å²) in [6, 6.07) is 11.7. The van der Waals surface area contributed by atoms with E-state index in [1.807, 2.05) is 20.8 Å². The average molecular weight is 470 g/mol. The van der Waals surface area contributed by atoms with Gasteiger partial charge in [0.15, 0.2) is 0 Å². The number of hydrogen-bond donors (Lipinski definition) is 1. The lowest BCUT2D eigenvalue weighted by molar-refractivity contribution is -0.141. The van der Waals surface area contributed by atoms with Crippen LogP contribution in [0.15, 0.2) is 42.5 Å². The van der Waals surface area contributed by atoms with Crippen LogP contribution in [0.5, 0.6) is 0 Å². The van der Waals surface area contributed by atoms with Gasteiger partial charge in [0.1, 0.15) is 6.04 Å². The van der Waals surface area contributed by atoms with Gasteiger partial charge in [0, 0.05) is 33.7 Å². The average Bonchev–Trinajstić information content (AvgIpc) is 2.70. The molecule has 0 radical (unpaired) electrons. The van der Waals surface area contributed by atoms with Crippen molar-refractivity contribution >= 4 is 46.6 Å². The Morgan fingerprint density at radius 2 is 1.60 bits per heavy atom. The van der Waals surface area contributed by atoms with Crippen molar-refractivity contribution in [2.24, 2.45) is 5.92 Å². The van der Waals surface area contributed by atoms with Crippen LogP contribution < -0.4 is 5.32 Å². The number of benzene rings is 2. The molecule has 0 aliphatic heterocycles. The van der Waals surface area contributed by atoms with Gasteiger partial charge in [-0.3, -0.25) is 9.59 Å². The second kappa shape index (κ2) is 11.6. The van der Waals surface area contributed by atoms with Gasteiger partial charge in [-0.25, -0.2) is 0 Å². The molecule has 30 heavy (non-hydrogen) atoms. The molecule has 0 saturated heterocycles. The first-order valence-corrected chi connectivity index (χ1v) is 11.1. The zero-order valence-electron chi connectivity index (χ0n) is 17.4. The Morgan fingerprint density at radius 1 is 1.00 bits per heavy atom. The van der Waals surface area contributed by atoms with Crippen molar-refractivity contribution < 1.29 is 9.59 Å². The van der Waals surface area contributed by atoms with E-state index in [-0.39, 0.29) is 24.8 Å². The monoisotopic (exact) mass is 468 g/mol. The maximum absolute atomic E-state index is 13.3. The summed E-state index contributed by atoms with van der Waals surface area (Å²) in [7, 11) is 0. The second-order valence-corrected chi connectivity index (χ2v) is 8.84. The Labute approximate surface area is 193 Å². The first-order chi connectivity index (χ1) is 14.2. The molecule has 0 saturated carbocycles. The number of nitrogens with one attached hydrogen (secondary N) is 1. The molecular weight excluding hydrogens is 443 g/mol. The van der Waals surface area contributed by atoms with Gasteiger partial charge >= 0.3 is 0 Å². The normalized spacial score (nSPS) is 12.0. The van der Waals surface area contributed by atoms with Crippen molar-refractivity contribution in [2.45, 2.75) is 46.2 Å². The lowest BCUT2D eigenvalue weighted by Gasteiger charge is -2.31. The number of carbonyl (C=O) groups is 2. The van der Waals surface area contributed by atoms with Crippen molar-refractivity contribution in [1.82, 2.24) is 10.2 Å². The number of hydrogen-bond acceptors (Lipinski definition) is 2. The van der Waals surface area contributed by atoms with Crippen molar-refractivity contribution in [3.63, 3.8) is 0 Å². The molecule has 1 atom stereocenters. The molecule has 2 aromatic rings. The molecular formula is C23H27Cl3N2O2. The van der Waals surface area contributed by atoms with Crippen molar-refractivity contribution in [3.05, 3.63) is 68.7 Å². The van der Waals surface area contributed by atoms with Crippen LogP contribution >= 0.6 is 34.8 Å². The molecule has 4 nitrogen and oxygen atoms in total. The van der Waals surface area contributed by atoms with Crippen LogP contribution in [0, 0.1) is 5.92 Å². The van der Waals surface area contributed by atoms with Gasteiger partial charge < -0.3 is 10.2 Å². The summed E-state index contributed by atoms with van der Waals surface area (Å²) in [4.78, 5) is 27.8. The summed E-state index contributed by atoms with van der Waals surface area (Å²) in [5.41, 5.74) is 1.44. The quantitative estimate of drug-likeness (QED) is 0.507. The molecule has 0 fully saturated rings. The third kappa shape index (κ3) is 6.90. The van der Waals surface area contributed by atoms with Gasteiger partial charge in [-0.15, -0.1) is 0 Å². The molecule has 2 aromatic carbocycles. The third-order valence-electron chi connectivity index (χ3n) is 4.73. The van der Waals surface area contributed by atoms with Crippen LogP contribution in [0.1, 0.15) is 38.3 Å². The molecule has 0 aliphatic rings. The van der Waals surface area contributed by atoms with Crippen molar-refractivity contribution in [1.29, 1.82) is 0 Å². The largest absolute Gasteiger partial charge is 0.354 e. The van der Waals surface area contributed by atoms with Gasteiger partial charge in [0.25, 0.3) is 0 Å². The molecule has 2 rings (SSSR count). The van der Waals surface area contributed by atoms with Gasteiger partial charge in [-0.2, -0.15) is 0 Å². The summed E-state index contributed by atoms with van der Waals surface area (Å²) in [6.07, 6.45) is 0.617. The highest BCUT2D eigenvalue weighted by atomic mass is 35.5. The second-order valence-electron chi connectivity index (χ2n) is 7.59. The number of rotatable bonds is 9. The molecule has 162 valence electrons. The molecule has 0 spiro atoms. The van der Waals surface area contributed by atoms with Gasteiger partial charge in [0.05, 0.1) is 6.42 Å². The molecule has 2 amide bonds. The Morgan fingerprint density at radius 3 is 2.13 bits per heavy atom. The summed E-state index contributed by atoms with van der Waals surface area (Å²) in [5, 5.41) is 4.47. The number of halogens is 3. The van der Waals surface area contributed by atoms with Crippen LogP contribution in [-0.4, -0.2) is 29.3 Å². The first kappa shape index (κ1) is 24.5. The lowest BCUT2D eigenvalue weighted by Crippen LogP contribution is -2.50. The zero-order valence-corrected chi connectivity index (χ0v) is 19.7. The van der Waals surface area contributed by atoms with Gasteiger partial charge in [-0.05, 0) is 42.2 Å². The minimum Gasteiger partial charge on any atom is -0.354 e. The molecule has 0 aromatic heterocycles. The molecule has 1 N–H and O–H groups in total. The SMILES string of the molecule is CC[C@H](C(=O)NCC(C)C)N(Cc1c(Cl)cccc1Cl)C(=O)Cc1ccc(Cl)cc1. The predicted molar refractivity (Wildman–Crippen MR) is 124 cm³/mol. The summed E-state index contributed by atoms with van der Waals surface area (Å²) < 4.78 is 0. The van der Waals surface area contributed by atoms with Gasteiger partial charge in [0.2, 0.25) is 11.8 Å². The molecule has 0 heterocycles. The van der Waals surface area contributed by atoms with Crippen LogP contribution in [0.25, 0.3) is 0 Å². The van der Waals surface area contributed by atoms with E-state index in [9.17, 15) is 9.59 Å². The maximum atomic E-state index is 13.3. The van der Waals surface area contributed by atoms with E-state index in [0.29, 0.717) is 39.5 Å². The Kier molecular flexibility index (Phi) is 9.47. The van der Waals surface area contributed by atoms with E-state index in [1.54, 1.807) is 47.4 Å². The summed E-state index contributed by atoms with van der Waals surface area (Å²) >= 11 is 18.6. The Bertz CT molecular complexity index is 849. The van der Waals surface area contributed by atoms with E-state index >= 15 is 0 Å². The standard InChI is InChI=1S/C23H27Cl3N2O2/c1-4-21(23(30)27-13-15(2)3)28(14-18-19(25)6-5-7-20(18)26)22(29)12-16-8-10-17(24)11-9-16/h5-11,15,21H,4,12-14H2,1-3H3,(H,27,30)/t21-/m1/s1. The zero-order chi connectivity index (χ0) is 22.3. The Balaban J connectivity index is 2.33. The molecule has 0 unspecified atom stereocenters. The van der Waals surface area contributed by atoms with Crippen molar-refractivity contribution in [2.75, 3.05) is 6.54 Å². The number of nitrogens with zero attached hydrogens (tertiary/aromatic N) is 1. The van der Waals surface area contributed by atoms with Crippen LogP contribution in [0.3, 0.4) is 0 Å². The van der Waals surface area contributed by atoms with Gasteiger partial charge in [-0.1, -0.05) is 73.8 Å². The highest BCUT2D eigenvalue weighted by Crippen LogP contribution is 2.27. The van der Waals surface area contributed by atoms with E-state index in [4.69, 9.17) is 34.8 Å². The fraction of sp³-hybridized carbons (Fsp3) is 0.391. The van der Waals surface area contributed by atoms with Crippen LogP contribution in [0.2, 0.25) is 15.1 Å². The minimum atomic E-state index is -0.629. The van der Waals surface area contributed by atoms with E-state index < -0.39 is 6.04 Å². The smallest absolute Gasteiger partial charge is 0.242 e. The van der Waals surface area contributed by atoms with E-state index in [1.165, 1.54) is 0 Å². The highest BCUT2D eigenvalue weighted by molar-refractivity contribution is 6.36. The number of amides is 2. The fourth-order valence-electron chi connectivity index (χ4n) is 3.07. The summed E-state index contributed by atoms with van der Waals surface area (Å²) in [5.74, 6) is -0.0543. The minimum absolute atomic E-state index is 0.146. The molecule has 7 heteroatoms. The topological polar surface area (TPSA) is 49.4 Å². The van der Waals surface area contributed by atoms with E-state index in [0.717, 1.165) is 5.56 Å². The fourth-order valence-corrected chi connectivity index (χ4v) is 3.72. The van der Waals surface area contributed by atoms with Crippen LogP contribution in [-0.2, 0) is 22.6 Å². The van der Waals surface area contributed by atoms with Crippen LogP contribution in [0.4, 0.5) is 0 Å². The summed E-state index contributed by atoms with van der Waals surface area (Å²) in [6.45, 7) is 6.62. The lowest BCUT2D eigenvalue weighted by atomic mass is 10.1. The maximum Gasteiger partial charge on any atom is 0.242 e. The third-order valence-corrected chi connectivity index (χ3v) is 5.69. The van der Waals surface area contributed by atoms with Crippen molar-refractivity contribution in [3.8, 4) is 0 Å². The molecule has 0 aliphatic carbocycles. The first-order valence-electron chi connectivity index (χ1n) is 9.97.